The number of pyridine rings is 1. The van der Waals surface area contributed by atoms with Crippen LogP contribution in [0, 0.1) is 17.0 Å². The Kier molecular flexibility index (Phi) is 3.56. The molecule has 1 unspecified atom stereocenters. The highest BCUT2D eigenvalue weighted by Gasteiger charge is 2.11. The third-order valence-corrected chi connectivity index (χ3v) is 1.86. The Morgan fingerprint density at radius 1 is 1.67 bits per heavy atom. The maximum absolute atomic E-state index is 10.5. The molecule has 0 fully saturated rings. The number of aromatic nitrogens is 1. The van der Waals surface area contributed by atoms with E-state index in [0.717, 1.165) is 0 Å². The van der Waals surface area contributed by atoms with E-state index < -0.39 is 4.92 Å². The summed E-state index contributed by atoms with van der Waals surface area (Å²) >= 11 is 0. The molecule has 0 aliphatic heterocycles. The number of aryl methyl sites for hydroxylation is 1. The van der Waals surface area contributed by atoms with E-state index in [1.54, 1.807) is 13.0 Å². The van der Waals surface area contributed by atoms with Gasteiger partial charge in [0.1, 0.15) is 11.5 Å². The van der Waals surface area contributed by atoms with Gasteiger partial charge in [-0.25, -0.2) is 4.98 Å². The molecule has 0 bridgehead atoms. The first kappa shape index (κ1) is 11.4. The highest BCUT2D eigenvalue weighted by molar-refractivity contribution is 5.44. The summed E-state index contributed by atoms with van der Waals surface area (Å²) in [5.41, 5.74) is 5.98. The van der Waals surface area contributed by atoms with Crippen LogP contribution in [0.2, 0.25) is 0 Å². The van der Waals surface area contributed by atoms with Gasteiger partial charge in [0.15, 0.2) is 0 Å². The fourth-order valence-electron chi connectivity index (χ4n) is 1.11. The smallest absolute Gasteiger partial charge is 0.290 e. The van der Waals surface area contributed by atoms with Crippen molar-refractivity contribution in [2.24, 2.45) is 5.73 Å². The van der Waals surface area contributed by atoms with Gasteiger partial charge in [-0.1, -0.05) is 0 Å². The first-order valence-electron chi connectivity index (χ1n) is 4.62. The van der Waals surface area contributed by atoms with E-state index in [2.05, 4.69) is 10.3 Å². The molecule has 1 atom stereocenters. The lowest BCUT2D eigenvalue weighted by atomic mass is 10.3. The lowest BCUT2D eigenvalue weighted by molar-refractivity contribution is -0.385. The van der Waals surface area contributed by atoms with Crippen LogP contribution in [0.3, 0.4) is 0 Å². The van der Waals surface area contributed by atoms with Crippen LogP contribution >= 0.6 is 0 Å². The summed E-state index contributed by atoms with van der Waals surface area (Å²) in [6, 6.07) is 3.03. The molecule has 1 aromatic heterocycles. The number of nitrogens with two attached hydrogens (primary N) is 1. The van der Waals surface area contributed by atoms with Gasteiger partial charge >= 0.3 is 0 Å². The molecule has 0 amide bonds. The molecule has 6 nitrogen and oxygen atoms in total. The van der Waals surface area contributed by atoms with E-state index in [9.17, 15) is 10.1 Å². The molecule has 0 aromatic carbocycles. The molecule has 82 valence electrons. The van der Waals surface area contributed by atoms with Gasteiger partial charge in [-0.05, 0) is 19.9 Å². The molecule has 1 aromatic rings. The quantitative estimate of drug-likeness (QED) is 0.572. The fraction of sp³-hybridized carbons (Fsp3) is 0.444. The van der Waals surface area contributed by atoms with Crippen molar-refractivity contribution >= 4 is 11.5 Å². The highest BCUT2D eigenvalue weighted by atomic mass is 16.6. The predicted molar refractivity (Wildman–Crippen MR) is 57.8 cm³/mol. The van der Waals surface area contributed by atoms with E-state index in [1.807, 2.05) is 6.92 Å². The predicted octanol–water partition coefficient (Wildman–Crippen LogP) is 1.06. The van der Waals surface area contributed by atoms with Gasteiger partial charge in [0.2, 0.25) is 0 Å². The molecular formula is C9H14N4O2. The van der Waals surface area contributed by atoms with Gasteiger partial charge in [-0.2, -0.15) is 0 Å². The zero-order valence-electron chi connectivity index (χ0n) is 8.73. The standard InChI is InChI=1S/C9H14N4O2/c1-6(10)5-11-9-4-3-8(13(14)15)7(2)12-9/h3-4,6H,5,10H2,1-2H3,(H,11,12). The average molecular weight is 210 g/mol. The number of nitro groups is 1. The second kappa shape index (κ2) is 4.70. The first-order valence-corrected chi connectivity index (χ1v) is 4.62. The van der Waals surface area contributed by atoms with Crippen LogP contribution in [0.15, 0.2) is 12.1 Å². The summed E-state index contributed by atoms with van der Waals surface area (Å²) in [4.78, 5) is 14.1. The van der Waals surface area contributed by atoms with Gasteiger partial charge in [-0.3, -0.25) is 10.1 Å². The number of rotatable bonds is 4. The molecular weight excluding hydrogens is 196 g/mol. The Labute approximate surface area is 87.7 Å². The topological polar surface area (TPSA) is 94.1 Å². The molecule has 0 aliphatic carbocycles. The van der Waals surface area contributed by atoms with E-state index >= 15 is 0 Å². The van der Waals surface area contributed by atoms with Gasteiger partial charge in [-0.15, -0.1) is 0 Å². The van der Waals surface area contributed by atoms with Crippen molar-refractivity contribution in [2.75, 3.05) is 11.9 Å². The van der Waals surface area contributed by atoms with Crippen molar-refractivity contribution in [3.05, 3.63) is 27.9 Å². The van der Waals surface area contributed by atoms with Crippen LogP contribution in [0.1, 0.15) is 12.6 Å². The third kappa shape index (κ3) is 3.17. The van der Waals surface area contributed by atoms with Crippen molar-refractivity contribution in [1.29, 1.82) is 0 Å². The van der Waals surface area contributed by atoms with Crippen LogP contribution in [-0.4, -0.2) is 22.5 Å². The minimum absolute atomic E-state index is 0.0160. The highest BCUT2D eigenvalue weighted by Crippen LogP contribution is 2.17. The van der Waals surface area contributed by atoms with Crippen LogP contribution in [0.4, 0.5) is 11.5 Å². The zero-order valence-corrected chi connectivity index (χ0v) is 8.73. The normalized spacial score (nSPS) is 12.2. The minimum Gasteiger partial charge on any atom is -0.369 e. The summed E-state index contributed by atoms with van der Waals surface area (Å²) in [5, 5.41) is 13.5. The summed E-state index contributed by atoms with van der Waals surface area (Å²) < 4.78 is 0. The Balaban J connectivity index is 2.78. The molecule has 1 heterocycles. The van der Waals surface area contributed by atoms with Crippen molar-refractivity contribution in [3.8, 4) is 0 Å². The van der Waals surface area contributed by atoms with Crippen LogP contribution in [0.5, 0.6) is 0 Å². The number of hydrogen-bond donors (Lipinski definition) is 2. The maximum atomic E-state index is 10.5. The van der Waals surface area contributed by atoms with Gasteiger partial charge in [0.25, 0.3) is 5.69 Å². The van der Waals surface area contributed by atoms with Crippen LogP contribution in [0.25, 0.3) is 0 Å². The van der Waals surface area contributed by atoms with E-state index in [4.69, 9.17) is 5.73 Å². The van der Waals surface area contributed by atoms with Crippen LogP contribution < -0.4 is 11.1 Å². The second-order valence-electron chi connectivity index (χ2n) is 3.42. The Morgan fingerprint density at radius 2 is 2.33 bits per heavy atom. The molecule has 0 radical (unpaired) electrons. The molecule has 1 rings (SSSR count). The number of anilines is 1. The summed E-state index contributed by atoms with van der Waals surface area (Å²) in [7, 11) is 0. The van der Waals surface area contributed by atoms with Crippen molar-refractivity contribution in [3.63, 3.8) is 0 Å². The summed E-state index contributed by atoms with van der Waals surface area (Å²) in [6.07, 6.45) is 0. The number of nitrogens with one attached hydrogen (secondary N) is 1. The Bertz CT molecular complexity index is 365. The second-order valence-corrected chi connectivity index (χ2v) is 3.42. The molecule has 0 saturated carbocycles. The summed E-state index contributed by atoms with van der Waals surface area (Å²) in [6.45, 7) is 4.06. The minimum atomic E-state index is -0.447. The molecule has 15 heavy (non-hydrogen) atoms. The molecule has 0 spiro atoms. The lowest BCUT2D eigenvalue weighted by Crippen LogP contribution is -2.25. The molecule has 0 aliphatic rings. The lowest BCUT2D eigenvalue weighted by Gasteiger charge is -2.08. The number of hydrogen-bond acceptors (Lipinski definition) is 5. The van der Waals surface area contributed by atoms with Gasteiger partial charge < -0.3 is 11.1 Å². The number of nitrogens with zero attached hydrogens (tertiary/aromatic N) is 2. The largest absolute Gasteiger partial charge is 0.369 e. The van der Waals surface area contributed by atoms with Crippen LogP contribution in [-0.2, 0) is 0 Å². The van der Waals surface area contributed by atoms with Gasteiger partial charge in [0.05, 0.1) is 4.92 Å². The average Bonchev–Trinajstić information content (AvgIpc) is 2.14. The SMILES string of the molecule is Cc1nc(NCC(C)N)ccc1[N+](=O)[O-]. The Morgan fingerprint density at radius 3 is 2.80 bits per heavy atom. The fourth-order valence-corrected chi connectivity index (χ4v) is 1.11. The Hall–Kier alpha value is -1.69. The van der Waals surface area contributed by atoms with Crippen molar-refractivity contribution in [1.82, 2.24) is 4.98 Å². The summed E-state index contributed by atoms with van der Waals surface area (Å²) in [5.74, 6) is 0.607. The molecule has 3 N–H and O–H groups in total. The van der Waals surface area contributed by atoms with E-state index in [1.165, 1.54) is 6.07 Å². The van der Waals surface area contributed by atoms with Gasteiger partial charge in [0, 0.05) is 18.7 Å². The van der Waals surface area contributed by atoms with E-state index in [0.29, 0.717) is 18.1 Å². The van der Waals surface area contributed by atoms with Crippen molar-refractivity contribution in [2.45, 2.75) is 19.9 Å². The van der Waals surface area contributed by atoms with E-state index in [-0.39, 0.29) is 11.7 Å². The zero-order chi connectivity index (χ0) is 11.4. The first-order chi connectivity index (χ1) is 7.00. The third-order valence-electron chi connectivity index (χ3n) is 1.86. The van der Waals surface area contributed by atoms with Crippen molar-refractivity contribution < 1.29 is 4.92 Å². The monoisotopic (exact) mass is 210 g/mol. The maximum Gasteiger partial charge on any atom is 0.290 e. The molecule has 0 saturated heterocycles. The molecule has 6 heteroatoms.